The van der Waals surface area contributed by atoms with Crippen molar-refractivity contribution in [2.45, 2.75) is 17.4 Å². The molecular weight excluding hydrogens is 378 g/mol. The van der Waals surface area contributed by atoms with Gasteiger partial charge in [0.2, 0.25) is 0 Å². The Bertz CT molecular complexity index is 1070. The van der Waals surface area contributed by atoms with Crippen LogP contribution in [0.1, 0.15) is 6.92 Å². The fourth-order valence-corrected chi connectivity index (χ4v) is 3.42. The molecule has 0 radical (unpaired) electrons. The summed E-state index contributed by atoms with van der Waals surface area (Å²) in [4.78, 5) is 11.6. The number of ether oxygens (including phenoxy) is 1. The van der Waals surface area contributed by atoms with Crippen LogP contribution in [0.5, 0.6) is 0 Å². The molecule has 3 aromatic heterocycles. The van der Waals surface area contributed by atoms with Crippen molar-refractivity contribution < 1.29 is 13.9 Å². The first-order valence-electron chi connectivity index (χ1n) is 8.52. The van der Waals surface area contributed by atoms with E-state index < -0.39 is 5.25 Å². The number of nitrogens with zero attached hydrogens (tertiary/aromatic N) is 5. The van der Waals surface area contributed by atoms with Gasteiger partial charge in [0, 0.05) is 12.4 Å². The number of methoxy groups -OCH3 is 1. The molecule has 0 fully saturated rings. The van der Waals surface area contributed by atoms with Crippen molar-refractivity contribution in [3.05, 3.63) is 61.1 Å². The first kappa shape index (κ1) is 18.1. The third-order valence-corrected chi connectivity index (χ3v) is 4.95. The first-order valence-corrected chi connectivity index (χ1v) is 9.40. The zero-order valence-electron chi connectivity index (χ0n) is 15.2. The standard InChI is InChI=1S/C19H17N5O3S/c1-13(18(25)26-2)28-19-22-21-16(27-19)15-12-20-24(14-8-4-3-5-9-14)17(15)23-10-6-7-11-23/h3-13H,1-2H3/t13-/m1/s1. The second-order valence-corrected chi connectivity index (χ2v) is 7.17. The van der Waals surface area contributed by atoms with E-state index in [9.17, 15) is 4.79 Å². The molecule has 0 bridgehead atoms. The molecule has 1 atom stereocenters. The average Bonchev–Trinajstić information content (AvgIpc) is 3.47. The maximum Gasteiger partial charge on any atom is 0.319 e. The summed E-state index contributed by atoms with van der Waals surface area (Å²) in [5.74, 6) is 0.748. The highest BCUT2D eigenvalue weighted by Crippen LogP contribution is 2.31. The maximum atomic E-state index is 11.6. The van der Waals surface area contributed by atoms with Gasteiger partial charge in [0.15, 0.2) is 5.82 Å². The Balaban J connectivity index is 1.73. The van der Waals surface area contributed by atoms with Crippen LogP contribution in [0.15, 0.2) is 70.7 Å². The van der Waals surface area contributed by atoms with Crippen molar-refractivity contribution in [1.82, 2.24) is 24.5 Å². The number of hydrogen-bond acceptors (Lipinski definition) is 7. The molecule has 0 N–H and O–H groups in total. The summed E-state index contributed by atoms with van der Waals surface area (Å²) in [7, 11) is 1.35. The lowest BCUT2D eigenvalue weighted by atomic mass is 10.3. The van der Waals surface area contributed by atoms with Gasteiger partial charge >= 0.3 is 5.97 Å². The topological polar surface area (TPSA) is 88.0 Å². The summed E-state index contributed by atoms with van der Waals surface area (Å²) in [6.07, 6.45) is 5.53. The number of thioether (sulfide) groups is 1. The highest BCUT2D eigenvalue weighted by atomic mass is 32.2. The van der Waals surface area contributed by atoms with E-state index in [4.69, 9.17) is 9.15 Å². The van der Waals surface area contributed by atoms with Crippen LogP contribution in [0.4, 0.5) is 0 Å². The van der Waals surface area contributed by atoms with Gasteiger partial charge in [0.05, 0.1) is 19.0 Å². The van der Waals surface area contributed by atoms with Crippen molar-refractivity contribution >= 4 is 17.7 Å². The molecule has 0 aliphatic heterocycles. The average molecular weight is 395 g/mol. The van der Waals surface area contributed by atoms with Gasteiger partial charge in [-0.25, -0.2) is 4.68 Å². The molecule has 4 rings (SSSR count). The van der Waals surface area contributed by atoms with Gasteiger partial charge in [-0.2, -0.15) is 5.10 Å². The lowest BCUT2D eigenvalue weighted by Crippen LogP contribution is -2.14. The van der Waals surface area contributed by atoms with Crippen LogP contribution in [0.25, 0.3) is 23.0 Å². The van der Waals surface area contributed by atoms with Gasteiger partial charge in [0.1, 0.15) is 10.8 Å². The fraction of sp³-hybridized carbons (Fsp3) is 0.158. The molecule has 0 aliphatic rings. The summed E-state index contributed by atoms with van der Waals surface area (Å²) in [5, 5.41) is 12.6. The SMILES string of the molecule is COC(=O)[C@@H](C)Sc1nnc(-c2cnn(-c3ccccc3)c2-n2cccc2)o1. The van der Waals surface area contributed by atoms with E-state index in [2.05, 4.69) is 15.3 Å². The molecule has 8 nitrogen and oxygen atoms in total. The minimum atomic E-state index is -0.450. The summed E-state index contributed by atoms with van der Waals surface area (Å²) >= 11 is 1.15. The summed E-state index contributed by atoms with van der Waals surface area (Å²) in [6, 6.07) is 13.6. The van der Waals surface area contributed by atoms with Crippen molar-refractivity contribution in [2.75, 3.05) is 7.11 Å². The number of benzene rings is 1. The van der Waals surface area contributed by atoms with Crippen LogP contribution >= 0.6 is 11.8 Å². The largest absolute Gasteiger partial charge is 0.468 e. The van der Waals surface area contributed by atoms with Gasteiger partial charge in [-0.05, 0) is 31.2 Å². The molecule has 0 saturated carbocycles. The van der Waals surface area contributed by atoms with Crippen molar-refractivity contribution in [3.8, 4) is 23.0 Å². The summed E-state index contributed by atoms with van der Waals surface area (Å²) in [6.45, 7) is 1.72. The van der Waals surface area contributed by atoms with E-state index in [1.165, 1.54) is 7.11 Å². The van der Waals surface area contributed by atoms with Gasteiger partial charge < -0.3 is 13.7 Å². The molecule has 1 aromatic carbocycles. The van der Waals surface area contributed by atoms with Gasteiger partial charge in [-0.3, -0.25) is 4.79 Å². The molecule has 142 valence electrons. The molecule has 28 heavy (non-hydrogen) atoms. The number of hydrogen-bond donors (Lipinski definition) is 0. The number of esters is 1. The summed E-state index contributed by atoms with van der Waals surface area (Å²) < 4.78 is 14.3. The Morgan fingerprint density at radius 3 is 2.61 bits per heavy atom. The molecule has 0 amide bonds. The molecule has 0 unspecified atom stereocenters. The van der Waals surface area contributed by atoms with Crippen LogP contribution in [0.2, 0.25) is 0 Å². The molecular formula is C19H17N5O3S. The van der Waals surface area contributed by atoms with E-state index in [1.807, 2.05) is 64.1 Å². The van der Waals surface area contributed by atoms with Crippen LogP contribution in [-0.2, 0) is 9.53 Å². The third kappa shape index (κ3) is 3.44. The van der Waals surface area contributed by atoms with E-state index in [1.54, 1.807) is 13.1 Å². The molecule has 0 spiro atoms. The molecule has 9 heteroatoms. The minimum Gasteiger partial charge on any atom is -0.468 e. The second kappa shape index (κ2) is 7.73. The highest BCUT2D eigenvalue weighted by Gasteiger charge is 2.23. The van der Waals surface area contributed by atoms with E-state index >= 15 is 0 Å². The Kier molecular flexibility index (Phi) is 4.98. The van der Waals surface area contributed by atoms with Crippen LogP contribution in [-0.4, -0.2) is 42.9 Å². The Labute approximate surface area is 165 Å². The van der Waals surface area contributed by atoms with E-state index in [0.29, 0.717) is 16.7 Å². The van der Waals surface area contributed by atoms with Gasteiger partial charge in [0.25, 0.3) is 11.1 Å². The quantitative estimate of drug-likeness (QED) is 0.365. The number of carbonyl (C=O) groups excluding carboxylic acids is 1. The molecule has 0 aliphatic carbocycles. The zero-order chi connectivity index (χ0) is 19.5. The molecule has 0 saturated heterocycles. The predicted octanol–water partition coefficient (Wildman–Crippen LogP) is 3.37. The van der Waals surface area contributed by atoms with Gasteiger partial charge in [-0.15, -0.1) is 10.2 Å². The molecule has 3 heterocycles. The Hall–Kier alpha value is -3.33. The van der Waals surface area contributed by atoms with E-state index in [0.717, 1.165) is 23.3 Å². The maximum absolute atomic E-state index is 11.6. The van der Waals surface area contributed by atoms with Crippen molar-refractivity contribution in [1.29, 1.82) is 0 Å². The van der Waals surface area contributed by atoms with Crippen LogP contribution < -0.4 is 0 Å². The number of carbonyl (C=O) groups is 1. The van der Waals surface area contributed by atoms with Gasteiger partial charge in [-0.1, -0.05) is 30.0 Å². The Morgan fingerprint density at radius 2 is 1.89 bits per heavy atom. The third-order valence-electron chi connectivity index (χ3n) is 4.04. The summed E-state index contributed by atoms with van der Waals surface area (Å²) in [5.41, 5.74) is 1.59. The zero-order valence-corrected chi connectivity index (χ0v) is 16.0. The number of aromatic nitrogens is 5. The smallest absolute Gasteiger partial charge is 0.319 e. The fourth-order valence-electron chi connectivity index (χ4n) is 2.71. The monoisotopic (exact) mass is 395 g/mol. The lowest BCUT2D eigenvalue weighted by molar-refractivity contribution is -0.139. The lowest BCUT2D eigenvalue weighted by Gasteiger charge is -2.09. The molecule has 4 aromatic rings. The number of rotatable bonds is 6. The second-order valence-electron chi connectivity index (χ2n) is 5.88. The number of para-hydroxylation sites is 1. The minimum absolute atomic E-state index is 0.291. The van der Waals surface area contributed by atoms with Crippen LogP contribution in [0.3, 0.4) is 0 Å². The van der Waals surface area contributed by atoms with Crippen LogP contribution in [0, 0.1) is 0 Å². The first-order chi connectivity index (χ1) is 13.7. The van der Waals surface area contributed by atoms with E-state index in [-0.39, 0.29) is 5.97 Å². The Morgan fingerprint density at radius 1 is 1.14 bits per heavy atom. The van der Waals surface area contributed by atoms with Crippen molar-refractivity contribution in [2.24, 2.45) is 0 Å². The van der Waals surface area contributed by atoms with Crippen molar-refractivity contribution in [3.63, 3.8) is 0 Å². The normalized spacial score (nSPS) is 12.1. The predicted molar refractivity (Wildman–Crippen MR) is 104 cm³/mol. The highest BCUT2D eigenvalue weighted by molar-refractivity contribution is 8.00.